The van der Waals surface area contributed by atoms with Gasteiger partial charge in [0.2, 0.25) is 0 Å². The van der Waals surface area contributed by atoms with Crippen molar-refractivity contribution in [2.24, 2.45) is 0 Å². The Labute approximate surface area is 92.5 Å². The molecule has 0 fully saturated rings. The maximum absolute atomic E-state index is 10.5. The van der Waals surface area contributed by atoms with Crippen LogP contribution in [0.2, 0.25) is 0 Å². The summed E-state index contributed by atoms with van der Waals surface area (Å²) in [6.45, 7) is 0. The van der Waals surface area contributed by atoms with E-state index in [2.05, 4.69) is 20.9 Å². The Balaban J connectivity index is 2.50. The molecule has 5 nitrogen and oxygen atoms in total. The van der Waals surface area contributed by atoms with Gasteiger partial charge in [0.05, 0.1) is 0 Å². The van der Waals surface area contributed by atoms with Crippen LogP contribution in [0.25, 0.3) is 11.1 Å². The Morgan fingerprint density at radius 1 is 1.53 bits per heavy atom. The summed E-state index contributed by atoms with van der Waals surface area (Å²) in [5.41, 5.74) is 1.29. The topological polar surface area (TPSA) is 83.6 Å². The van der Waals surface area contributed by atoms with Crippen LogP contribution < -0.4 is 0 Å². The van der Waals surface area contributed by atoms with Gasteiger partial charge in [0.25, 0.3) is 4.80 Å². The van der Waals surface area contributed by atoms with Gasteiger partial charge < -0.3 is 14.6 Å². The maximum Gasteiger partial charge on any atom is 0.337 e. The first-order chi connectivity index (χ1) is 7.08. The monoisotopic (exact) mass is 271 g/mol. The standard InChI is InChI=1S/C9H6BrNO4/c10-9-11-5-2-1-4(3-6(5)15-9)7(12)8(13)14/h1-3,7,12H,(H,13,14). The first kappa shape index (κ1) is 10.1. The van der Waals surface area contributed by atoms with Crippen LogP contribution in [0, 0.1) is 0 Å². The third kappa shape index (κ3) is 1.86. The predicted molar refractivity (Wildman–Crippen MR) is 54.3 cm³/mol. The van der Waals surface area contributed by atoms with Gasteiger partial charge in [-0.2, -0.15) is 0 Å². The number of halogens is 1. The minimum absolute atomic E-state index is 0.263. The maximum atomic E-state index is 10.5. The summed E-state index contributed by atoms with van der Waals surface area (Å²) in [4.78, 5) is 14.8. The van der Waals surface area contributed by atoms with Crippen LogP contribution in [0.15, 0.2) is 27.4 Å². The van der Waals surface area contributed by atoms with E-state index < -0.39 is 12.1 Å². The fourth-order valence-electron chi connectivity index (χ4n) is 1.23. The molecule has 1 aromatic carbocycles. The van der Waals surface area contributed by atoms with Crippen molar-refractivity contribution in [2.45, 2.75) is 6.10 Å². The van der Waals surface area contributed by atoms with Crippen LogP contribution in [0.1, 0.15) is 11.7 Å². The lowest BCUT2D eigenvalue weighted by atomic mass is 10.1. The molecule has 2 aromatic rings. The number of fused-ring (bicyclic) bond motifs is 1. The number of aliphatic hydroxyl groups excluding tert-OH is 1. The van der Waals surface area contributed by atoms with E-state index in [1.807, 2.05) is 0 Å². The van der Waals surface area contributed by atoms with Gasteiger partial charge >= 0.3 is 5.97 Å². The number of hydrogen-bond donors (Lipinski definition) is 2. The van der Waals surface area contributed by atoms with Crippen LogP contribution in [0.4, 0.5) is 0 Å². The normalized spacial score (nSPS) is 12.9. The Morgan fingerprint density at radius 2 is 2.27 bits per heavy atom. The van der Waals surface area contributed by atoms with E-state index in [-0.39, 0.29) is 5.56 Å². The molecule has 78 valence electrons. The lowest BCUT2D eigenvalue weighted by molar-refractivity contribution is -0.146. The van der Waals surface area contributed by atoms with E-state index in [1.165, 1.54) is 12.1 Å². The van der Waals surface area contributed by atoms with Crippen LogP contribution in [-0.2, 0) is 4.79 Å². The number of hydrogen-bond acceptors (Lipinski definition) is 4. The van der Waals surface area contributed by atoms with Gasteiger partial charge in [-0.05, 0) is 17.7 Å². The number of oxazole rings is 1. The fraction of sp³-hybridized carbons (Fsp3) is 0.111. The number of aliphatic carboxylic acids is 1. The van der Waals surface area contributed by atoms with Crippen molar-refractivity contribution in [3.8, 4) is 0 Å². The van der Waals surface area contributed by atoms with E-state index in [9.17, 15) is 9.90 Å². The van der Waals surface area contributed by atoms with Gasteiger partial charge in [0.15, 0.2) is 11.7 Å². The smallest absolute Gasteiger partial charge is 0.337 e. The number of aliphatic hydroxyl groups is 1. The molecule has 1 unspecified atom stereocenters. The fourth-order valence-corrected chi connectivity index (χ4v) is 1.59. The zero-order chi connectivity index (χ0) is 11.0. The minimum atomic E-state index is -1.54. The number of carbonyl (C=O) groups is 1. The van der Waals surface area contributed by atoms with Gasteiger partial charge in [-0.3, -0.25) is 0 Å². The Morgan fingerprint density at radius 3 is 2.93 bits per heavy atom. The van der Waals surface area contributed by atoms with Gasteiger partial charge in [0.1, 0.15) is 5.52 Å². The van der Waals surface area contributed by atoms with E-state index in [0.29, 0.717) is 15.9 Å². The van der Waals surface area contributed by atoms with Crippen molar-refractivity contribution in [3.63, 3.8) is 0 Å². The number of rotatable bonds is 2. The zero-order valence-electron chi connectivity index (χ0n) is 7.35. The van der Waals surface area contributed by atoms with E-state index in [1.54, 1.807) is 6.07 Å². The molecule has 0 bridgehead atoms. The summed E-state index contributed by atoms with van der Waals surface area (Å²) in [6, 6.07) is 4.53. The number of aromatic nitrogens is 1. The quantitative estimate of drug-likeness (QED) is 0.869. The average molecular weight is 272 g/mol. The summed E-state index contributed by atoms with van der Waals surface area (Å²) in [6.07, 6.45) is -1.54. The second-order valence-electron chi connectivity index (χ2n) is 2.93. The van der Waals surface area contributed by atoms with Crippen LogP contribution in [0.5, 0.6) is 0 Å². The van der Waals surface area contributed by atoms with Crippen LogP contribution >= 0.6 is 15.9 Å². The lowest BCUT2D eigenvalue weighted by Gasteiger charge is -2.03. The molecule has 0 saturated heterocycles. The molecule has 15 heavy (non-hydrogen) atoms. The van der Waals surface area contributed by atoms with E-state index in [4.69, 9.17) is 9.52 Å². The third-order valence-corrected chi connectivity index (χ3v) is 2.28. The molecule has 0 amide bonds. The molecular formula is C9H6BrNO4. The molecule has 0 radical (unpaired) electrons. The molecular weight excluding hydrogens is 266 g/mol. The second-order valence-corrected chi connectivity index (χ2v) is 3.61. The second kappa shape index (κ2) is 3.63. The SMILES string of the molecule is O=C(O)C(O)c1ccc2nc(Br)oc2c1. The highest BCUT2D eigenvalue weighted by Gasteiger charge is 2.17. The summed E-state index contributed by atoms with van der Waals surface area (Å²) < 4.78 is 5.14. The van der Waals surface area contributed by atoms with Gasteiger partial charge in [0, 0.05) is 15.9 Å². The highest BCUT2D eigenvalue weighted by atomic mass is 79.9. The first-order valence-electron chi connectivity index (χ1n) is 4.05. The lowest BCUT2D eigenvalue weighted by Crippen LogP contribution is -2.09. The minimum Gasteiger partial charge on any atom is -0.479 e. The number of nitrogens with zero attached hydrogens (tertiary/aromatic N) is 1. The zero-order valence-corrected chi connectivity index (χ0v) is 8.93. The number of carboxylic acids is 1. The summed E-state index contributed by atoms with van der Waals surface area (Å²) in [5.74, 6) is -1.30. The van der Waals surface area contributed by atoms with Crippen LogP contribution in [0.3, 0.4) is 0 Å². The summed E-state index contributed by atoms with van der Waals surface area (Å²) in [7, 11) is 0. The third-order valence-electron chi connectivity index (χ3n) is 1.94. The molecule has 0 aliphatic heterocycles. The number of benzene rings is 1. The largest absolute Gasteiger partial charge is 0.479 e. The van der Waals surface area contributed by atoms with Crippen LogP contribution in [-0.4, -0.2) is 21.2 Å². The Hall–Kier alpha value is -1.40. The molecule has 1 aromatic heterocycles. The molecule has 0 saturated carbocycles. The first-order valence-corrected chi connectivity index (χ1v) is 4.84. The molecule has 2 rings (SSSR count). The Kier molecular flexibility index (Phi) is 2.45. The molecule has 1 atom stereocenters. The predicted octanol–water partition coefficient (Wildman–Crippen LogP) is 1.71. The molecule has 0 aliphatic carbocycles. The highest BCUT2D eigenvalue weighted by Crippen LogP contribution is 2.23. The summed E-state index contributed by atoms with van der Waals surface area (Å²) >= 11 is 3.06. The van der Waals surface area contributed by atoms with Crippen molar-refractivity contribution in [1.82, 2.24) is 4.98 Å². The van der Waals surface area contributed by atoms with Crippen molar-refractivity contribution in [1.29, 1.82) is 0 Å². The molecule has 0 aliphatic rings. The number of carboxylic acid groups (broad SMARTS) is 1. The van der Waals surface area contributed by atoms with E-state index >= 15 is 0 Å². The van der Waals surface area contributed by atoms with Crippen molar-refractivity contribution >= 4 is 33.0 Å². The van der Waals surface area contributed by atoms with E-state index in [0.717, 1.165) is 0 Å². The molecule has 6 heteroatoms. The van der Waals surface area contributed by atoms with Crippen molar-refractivity contribution in [3.05, 3.63) is 28.6 Å². The Bertz CT molecular complexity index is 522. The highest BCUT2D eigenvalue weighted by molar-refractivity contribution is 9.10. The molecule has 1 heterocycles. The molecule has 0 spiro atoms. The summed E-state index contributed by atoms with van der Waals surface area (Å²) in [5, 5.41) is 17.9. The molecule has 2 N–H and O–H groups in total. The van der Waals surface area contributed by atoms with Gasteiger partial charge in [-0.25, -0.2) is 9.78 Å². The average Bonchev–Trinajstić information content (AvgIpc) is 2.55. The van der Waals surface area contributed by atoms with Gasteiger partial charge in [-0.15, -0.1) is 0 Å². The van der Waals surface area contributed by atoms with Crippen molar-refractivity contribution in [2.75, 3.05) is 0 Å². The van der Waals surface area contributed by atoms with Crippen molar-refractivity contribution < 1.29 is 19.4 Å². The van der Waals surface area contributed by atoms with Gasteiger partial charge in [-0.1, -0.05) is 6.07 Å².